The van der Waals surface area contributed by atoms with Gasteiger partial charge in [0.05, 0.1) is 26.4 Å². The first-order chi connectivity index (χ1) is 13.1. The standard InChI is InChI=1S/C16H14F3N3O5S/c1-26-8-3-4-9(12(5-8)27-2)10-6-15(25,16(17,18)19)22(21-10)14-20-11(7-28-14)13(23)24/h3-5,7,25H,6H2,1-2H3,(H,23,24)/t15-/m1/s1. The first kappa shape index (κ1) is 19.9. The molecule has 0 radical (unpaired) electrons. The Kier molecular flexibility index (Phi) is 4.93. The summed E-state index contributed by atoms with van der Waals surface area (Å²) in [5.41, 5.74) is -3.72. The van der Waals surface area contributed by atoms with Gasteiger partial charge in [0, 0.05) is 17.0 Å². The van der Waals surface area contributed by atoms with Crippen LogP contribution in [-0.2, 0) is 0 Å². The van der Waals surface area contributed by atoms with Crippen LogP contribution < -0.4 is 14.5 Å². The maximum atomic E-state index is 13.7. The Morgan fingerprint density at radius 2 is 2.04 bits per heavy atom. The molecule has 0 spiro atoms. The average molecular weight is 417 g/mol. The third-order valence-corrected chi connectivity index (χ3v) is 4.87. The number of nitrogens with zero attached hydrogens (tertiary/aromatic N) is 3. The molecule has 0 saturated heterocycles. The van der Waals surface area contributed by atoms with Crippen molar-refractivity contribution in [3.63, 3.8) is 0 Å². The third kappa shape index (κ3) is 3.24. The molecule has 3 rings (SSSR count). The summed E-state index contributed by atoms with van der Waals surface area (Å²) in [6.45, 7) is 0. The largest absolute Gasteiger partial charge is 0.497 e. The maximum absolute atomic E-state index is 13.7. The van der Waals surface area contributed by atoms with Crippen LogP contribution in [0.1, 0.15) is 22.5 Å². The lowest BCUT2D eigenvalue weighted by Crippen LogP contribution is -2.55. The van der Waals surface area contributed by atoms with Crippen LogP contribution in [0, 0.1) is 0 Å². The molecule has 2 N–H and O–H groups in total. The predicted molar refractivity (Wildman–Crippen MR) is 93.3 cm³/mol. The van der Waals surface area contributed by atoms with E-state index in [-0.39, 0.29) is 17.0 Å². The first-order valence-corrected chi connectivity index (χ1v) is 8.56. The topological polar surface area (TPSA) is 104 Å². The molecule has 28 heavy (non-hydrogen) atoms. The van der Waals surface area contributed by atoms with Crippen molar-refractivity contribution in [1.29, 1.82) is 0 Å². The molecular weight excluding hydrogens is 403 g/mol. The van der Waals surface area contributed by atoms with Crippen LogP contribution in [0.15, 0.2) is 28.7 Å². The SMILES string of the molecule is COc1ccc(C2=NN(c3nc(C(=O)O)cs3)[C@](O)(C(F)(F)F)C2)c(OC)c1. The minimum atomic E-state index is -5.09. The first-order valence-electron chi connectivity index (χ1n) is 7.68. The van der Waals surface area contributed by atoms with Gasteiger partial charge in [-0.1, -0.05) is 0 Å². The van der Waals surface area contributed by atoms with E-state index in [0.29, 0.717) is 22.1 Å². The molecule has 1 atom stereocenters. The summed E-state index contributed by atoms with van der Waals surface area (Å²) in [4.78, 5) is 14.6. The Balaban J connectivity index is 2.10. The van der Waals surface area contributed by atoms with E-state index >= 15 is 0 Å². The van der Waals surface area contributed by atoms with Gasteiger partial charge in [-0.25, -0.2) is 9.78 Å². The Bertz CT molecular complexity index is 946. The number of aliphatic hydroxyl groups is 1. The van der Waals surface area contributed by atoms with Gasteiger partial charge in [-0.2, -0.15) is 23.3 Å². The van der Waals surface area contributed by atoms with Crippen LogP contribution in [0.5, 0.6) is 11.5 Å². The van der Waals surface area contributed by atoms with Crippen molar-refractivity contribution < 1.29 is 37.7 Å². The number of halogens is 3. The zero-order chi connectivity index (χ0) is 20.7. The highest BCUT2D eigenvalue weighted by Gasteiger charge is 2.62. The van der Waals surface area contributed by atoms with Gasteiger partial charge in [0.1, 0.15) is 11.5 Å². The van der Waals surface area contributed by atoms with E-state index in [1.807, 2.05) is 0 Å². The third-order valence-electron chi connectivity index (χ3n) is 4.05. The lowest BCUT2D eigenvalue weighted by molar-refractivity contribution is -0.254. The molecule has 1 aliphatic heterocycles. The fourth-order valence-corrected chi connectivity index (χ4v) is 3.43. The van der Waals surface area contributed by atoms with E-state index in [9.17, 15) is 23.1 Å². The number of thiazole rings is 1. The second-order valence-corrected chi connectivity index (χ2v) is 6.57. The van der Waals surface area contributed by atoms with Gasteiger partial charge in [0.15, 0.2) is 5.69 Å². The zero-order valence-electron chi connectivity index (χ0n) is 14.5. The highest BCUT2D eigenvalue weighted by atomic mass is 32.1. The van der Waals surface area contributed by atoms with E-state index in [4.69, 9.17) is 14.6 Å². The number of hydrazone groups is 1. The fraction of sp³-hybridized carbons (Fsp3) is 0.312. The van der Waals surface area contributed by atoms with Crippen LogP contribution in [0.2, 0.25) is 0 Å². The van der Waals surface area contributed by atoms with E-state index in [2.05, 4.69) is 10.1 Å². The number of carboxylic acids is 1. The number of rotatable bonds is 5. The minimum absolute atomic E-state index is 0.105. The molecule has 0 aliphatic carbocycles. The van der Waals surface area contributed by atoms with Crippen molar-refractivity contribution in [3.05, 3.63) is 34.8 Å². The van der Waals surface area contributed by atoms with Crippen molar-refractivity contribution in [2.45, 2.75) is 18.3 Å². The van der Waals surface area contributed by atoms with Crippen LogP contribution in [0.3, 0.4) is 0 Å². The van der Waals surface area contributed by atoms with Gasteiger partial charge in [-0.15, -0.1) is 11.3 Å². The van der Waals surface area contributed by atoms with Crippen molar-refractivity contribution in [2.24, 2.45) is 5.10 Å². The summed E-state index contributed by atoms with van der Waals surface area (Å²) in [6.07, 6.45) is -5.99. The number of hydrogen-bond acceptors (Lipinski definition) is 8. The molecule has 12 heteroatoms. The predicted octanol–water partition coefficient (Wildman–Crippen LogP) is 2.72. The molecule has 1 aliphatic rings. The number of alkyl halides is 3. The number of hydrogen-bond donors (Lipinski definition) is 2. The second kappa shape index (κ2) is 6.95. The van der Waals surface area contributed by atoms with E-state index < -0.39 is 35.1 Å². The number of carboxylic acid groups (broad SMARTS) is 1. The lowest BCUT2D eigenvalue weighted by Gasteiger charge is -2.32. The Morgan fingerprint density at radius 3 is 2.57 bits per heavy atom. The van der Waals surface area contributed by atoms with E-state index in [1.54, 1.807) is 0 Å². The van der Waals surface area contributed by atoms with Crippen molar-refractivity contribution >= 4 is 28.1 Å². The molecule has 0 unspecified atom stereocenters. The molecule has 8 nitrogen and oxygen atoms in total. The van der Waals surface area contributed by atoms with Gasteiger partial charge in [0.2, 0.25) is 5.13 Å². The Labute approximate surface area is 160 Å². The molecule has 1 aromatic heterocycles. The Hall–Kier alpha value is -2.86. The number of aromatic nitrogens is 1. The number of benzene rings is 1. The van der Waals surface area contributed by atoms with Crippen LogP contribution >= 0.6 is 11.3 Å². The number of anilines is 1. The molecule has 150 valence electrons. The molecule has 0 saturated carbocycles. The summed E-state index contributed by atoms with van der Waals surface area (Å²) in [7, 11) is 2.76. The fourth-order valence-electron chi connectivity index (χ4n) is 2.61. The average Bonchev–Trinajstić information content (AvgIpc) is 3.26. The summed E-state index contributed by atoms with van der Waals surface area (Å²) >= 11 is 0.622. The molecule has 1 aromatic carbocycles. The van der Waals surface area contributed by atoms with Crippen molar-refractivity contribution in [3.8, 4) is 11.5 Å². The highest BCUT2D eigenvalue weighted by Crippen LogP contribution is 2.45. The lowest BCUT2D eigenvalue weighted by atomic mass is 10.00. The van der Waals surface area contributed by atoms with Gasteiger partial charge in [0.25, 0.3) is 5.72 Å². The smallest absolute Gasteiger partial charge is 0.438 e. The van der Waals surface area contributed by atoms with Crippen molar-refractivity contribution in [1.82, 2.24) is 4.98 Å². The summed E-state index contributed by atoms with van der Waals surface area (Å²) < 4.78 is 51.3. The van der Waals surface area contributed by atoms with Gasteiger partial charge >= 0.3 is 12.1 Å². The van der Waals surface area contributed by atoms with Crippen LogP contribution in [-0.4, -0.2) is 53.0 Å². The molecule has 0 bridgehead atoms. The number of carbonyl (C=O) groups is 1. The summed E-state index contributed by atoms with van der Waals surface area (Å²) in [5, 5.41) is 24.2. The highest BCUT2D eigenvalue weighted by molar-refractivity contribution is 7.14. The van der Waals surface area contributed by atoms with Gasteiger partial charge < -0.3 is 19.7 Å². The monoisotopic (exact) mass is 417 g/mol. The molecule has 0 fully saturated rings. The second-order valence-electron chi connectivity index (χ2n) is 5.74. The quantitative estimate of drug-likeness (QED) is 0.771. The maximum Gasteiger partial charge on any atom is 0.438 e. The summed E-state index contributed by atoms with van der Waals surface area (Å²) in [5.74, 6) is -0.777. The summed E-state index contributed by atoms with van der Waals surface area (Å²) in [6, 6.07) is 4.45. The molecular formula is C16H14F3N3O5S. The number of aromatic carboxylic acids is 1. The molecule has 2 aromatic rings. The van der Waals surface area contributed by atoms with Gasteiger partial charge in [-0.3, -0.25) is 0 Å². The van der Waals surface area contributed by atoms with E-state index in [1.165, 1.54) is 32.4 Å². The molecule has 0 amide bonds. The molecule has 2 heterocycles. The number of ether oxygens (including phenoxy) is 2. The Morgan fingerprint density at radius 1 is 1.32 bits per heavy atom. The van der Waals surface area contributed by atoms with Crippen LogP contribution in [0.4, 0.5) is 18.3 Å². The minimum Gasteiger partial charge on any atom is -0.497 e. The van der Waals surface area contributed by atoms with Crippen LogP contribution in [0.25, 0.3) is 0 Å². The van der Waals surface area contributed by atoms with E-state index in [0.717, 1.165) is 5.38 Å². The van der Waals surface area contributed by atoms with Gasteiger partial charge in [-0.05, 0) is 12.1 Å². The van der Waals surface area contributed by atoms with Crippen molar-refractivity contribution in [2.75, 3.05) is 19.2 Å². The number of methoxy groups -OCH3 is 2. The normalized spacial score (nSPS) is 19.5. The zero-order valence-corrected chi connectivity index (χ0v) is 15.3.